The van der Waals surface area contributed by atoms with Gasteiger partial charge in [-0.3, -0.25) is 9.87 Å². The monoisotopic (exact) mass is 191 g/mol. The molecule has 0 spiro atoms. The highest BCUT2D eigenvalue weighted by molar-refractivity contribution is 7.86. The third-order valence-electron chi connectivity index (χ3n) is 3.33. The fraction of sp³-hybridized carbons (Fsp3) is 1.00. The Morgan fingerprint density at radius 2 is 2.08 bits per heavy atom. The molecule has 12 heavy (non-hydrogen) atoms. The van der Waals surface area contributed by atoms with Crippen molar-refractivity contribution in [3.05, 3.63) is 0 Å². The maximum Gasteiger partial charge on any atom is 0.281 e. The minimum absolute atomic E-state index is 0.0890. The summed E-state index contributed by atoms with van der Waals surface area (Å²) in [4.78, 5) is 0. The molecule has 70 valence electrons. The summed E-state index contributed by atoms with van der Waals surface area (Å²) in [5.74, 6) is 0.525. The first kappa shape index (κ1) is 8.47. The van der Waals surface area contributed by atoms with E-state index < -0.39 is 15.5 Å². The van der Waals surface area contributed by atoms with E-state index in [0.29, 0.717) is 12.5 Å². The van der Waals surface area contributed by atoms with E-state index in [4.69, 9.17) is 4.55 Å². The van der Waals surface area contributed by atoms with Crippen molar-refractivity contribution in [2.24, 2.45) is 17.3 Å². The maximum absolute atomic E-state index is 10.9. The summed E-state index contributed by atoms with van der Waals surface area (Å²) in [5.41, 5.74) is 0.0890. The Kier molecular flexibility index (Phi) is 1.43. The van der Waals surface area contributed by atoms with E-state index in [9.17, 15) is 8.42 Å². The molecule has 1 aliphatic carbocycles. The summed E-state index contributed by atoms with van der Waals surface area (Å²) in [7, 11) is -3.89. The second-order valence-electron chi connectivity index (χ2n) is 4.30. The van der Waals surface area contributed by atoms with Gasteiger partial charge in [-0.15, -0.1) is 0 Å². The van der Waals surface area contributed by atoms with E-state index in [2.05, 4.69) is 5.32 Å². The molecular weight excluding hydrogens is 178 g/mol. The lowest BCUT2D eigenvalue weighted by Crippen LogP contribution is -2.37. The highest BCUT2D eigenvalue weighted by atomic mass is 32.2. The Bertz CT molecular complexity index is 309. The van der Waals surface area contributed by atoms with Crippen LogP contribution < -0.4 is 5.32 Å². The van der Waals surface area contributed by atoms with Crippen molar-refractivity contribution in [3.63, 3.8) is 0 Å². The zero-order valence-corrected chi connectivity index (χ0v) is 7.93. The van der Waals surface area contributed by atoms with Gasteiger partial charge in [0.1, 0.15) is 5.37 Å². The second kappa shape index (κ2) is 2.02. The Labute approximate surface area is 72.1 Å². The SMILES string of the molecule is CC1(C)[C@@H]2C(S(=O)(=O)O)NC[C@@H]21. The molecule has 2 N–H and O–H groups in total. The van der Waals surface area contributed by atoms with Crippen molar-refractivity contribution in [1.82, 2.24) is 5.32 Å². The van der Waals surface area contributed by atoms with Crippen molar-refractivity contribution in [1.29, 1.82) is 0 Å². The first-order chi connectivity index (χ1) is 5.35. The van der Waals surface area contributed by atoms with Gasteiger partial charge in [-0.05, 0) is 11.3 Å². The molecule has 0 aromatic heterocycles. The number of rotatable bonds is 1. The molecule has 0 bridgehead atoms. The molecule has 2 rings (SSSR count). The van der Waals surface area contributed by atoms with Gasteiger partial charge in [-0.1, -0.05) is 13.8 Å². The van der Waals surface area contributed by atoms with Gasteiger partial charge in [0, 0.05) is 12.5 Å². The van der Waals surface area contributed by atoms with Gasteiger partial charge in [0.25, 0.3) is 10.1 Å². The van der Waals surface area contributed by atoms with Gasteiger partial charge in [-0.25, -0.2) is 0 Å². The third-order valence-corrected chi connectivity index (χ3v) is 4.43. The lowest BCUT2D eigenvalue weighted by molar-refractivity contribution is 0.408. The molecule has 1 heterocycles. The summed E-state index contributed by atoms with van der Waals surface area (Å²) in [6.07, 6.45) is 0. The largest absolute Gasteiger partial charge is 0.299 e. The number of piperidine rings is 1. The summed E-state index contributed by atoms with van der Waals surface area (Å²) < 4.78 is 30.6. The molecule has 0 aromatic carbocycles. The second-order valence-corrected chi connectivity index (χ2v) is 5.84. The third kappa shape index (κ3) is 0.932. The average molecular weight is 191 g/mol. The Hall–Kier alpha value is -0.130. The zero-order valence-electron chi connectivity index (χ0n) is 7.11. The minimum atomic E-state index is -3.89. The predicted molar refractivity (Wildman–Crippen MR) is 44.1 cm³/mol. The van der Waals surface area contributed by atoms with Gasteiger partial charge in [0.15, 0.2) is 0 Å². The molecular formula is C7H13NO3S. The molecule has 5 heteroatoms. The van der Waals surface area contributed by atoms with Crippen LogP contribution in [-0.4, -0.2) is 24.9 Å². The molecule has 1 saturated carbocycles. The van der Waals surface area contributed by atoms with Crippen LogP contribution >= 0.6 is 0 Å². The number of hydrogen-bond donors (Lipinski definition) is 2. The summed E-state index contributed by atoms with van der Waals surface area (Å²) >= 11 is 0. The van der Waals surface area contributed by atoms with E-state index in [1.807, 2.05) is 13.8 Å². The minimum Gasteiger partial charge on any atom is -0.299 e. The van der Waals surface area contributed by atoms with Crippen LogP contribution in [0.2, 0.25) is 0 Å². The number of hydrogen-bond acceptors (Lipinski definition) is 3. The van der Waals surface area contributed by atoms with Crippen LogP contribution in [0, 0.1) is 17.3 Å². The summed E-state index contributed by atoms with van der Waals surface area (Å²) in [6, 6.07) is 0. The maximum atomic E-state index is 10.9. The van der Waals surface area contributed by atoms with E-state index in [1.165, 1.54) is 0 Å². The van der Waals surface area contributed by atoms with Gasteiger partial charge in [0.05, 0.1) is 0 Å². The molecule has 0 amide bonds. The quantitative estimate of drug-likeness (QED) is 0.576. The van der Waals surface area contributed by atoms with Gasteiger partial charge in [0.2, 0.25) is 0 Å². The van der Waals surface area contributed by atoms with Crippen molar-refractivity contribution >= 4 is 10.1 Å². The molecule has 3 atom stereocenters. The smallest absolute Gasteiger partial charge is 0.281 e. The zero-order chi connectivity index (χ0) is 9.15. The van der Waals surface area contributed by atoms with Gasteiger partial charge >= 0.3 is 0 Å². The highest BCUT2D eigenvalue weighted by Gasteiger charge is 2.67. The lowest BCUT2D eigenvalue weighted by Gasteiger charge is -2.15. The van der Waals surface area contributed by atoms with E-state index in [-0.39, 0.29) is 11.3 Å². The summed E-state index contributed by atoms with van der Waals surface area (Å²) in [5, 5.41) is 2.09. The van der Waals surface area contributed by atoms with Crippen LogP contribution in [0.15, 0.2) is 0 Å². The van der Waals surface area contributed by atoms with Crippen LogP contribution in [0.3, 0.4) is 0 Å². The topological polar surface area (TPSA) is 66.4 Å². The molecule has 0 radical (unpaired) electrons. The Morgan fingerprint density at radius 1 is 1.50 bits per heavy atom. The lowest BCUT2D eigenvalue weighted by atomic mass is 10.1. The normalized spacial score (nSPS) is 44.1. The van der Waals surface area contributed by atoms with Gasteiger partial charge < -0.3 is 0 Å². The van der Waals surface area contributed by atoms with Crippen molar-refractivity contribution < 1.29 is 13.0 Å². The number of nitrogens with one attached hydrogen (secondary N) is 1. The van der Waals surface area contributed by atoms with Crippen LogP contribution in [0.1, 0.15) is 13.8 Å². The Morgan fingerprint density at radius 3 is 2.33 bits per heavy atom. The molecule has 0 aromatic rings. The van der Waals surface area contributed by atoms with E-state index in [0.717, 1.165) is 0 Å². The fourth-order valence-corrected chi connectivity index (χ4v) is 3.66. The molecule has 4 nitrogen and oxygen atoms in total. The highest BCUT2D eigenvalue weighted by Crippen LogP contribution is 2.62. The first-order valence-electron chi connectivity index (χ1n) is 4.05. The van der Waals surface area contributed by atoms with Crippen molar-refractivity contribution in [2.75, 3.05) is 6.54 Å². The standard InChI is InChI=1S/C7H13NO3S/c1-7(2)4-3-8-6(5(4)7)12(9,10)11/h4-6,8H,3H2,1-2H3,(H,9,10,11)/t4-,5-,6?/m0/s1. The summed E-state index contributed by atoms with van der Waals surface area (Å²) in [6.45, 7) is 4.80. The average Bonchev–Trinajstić information content (AvgIpc) is 2.34. The van der Waals surface area contributed by atoms with Crippen molar-refractivity contribution in [3.8, 4) is 0 Å². The Balaban J connectivity index is 2.24. The molecule has 1 aliphatic heterocycles. The fourth-order valence-electron chi connectivity index (χ4n) is 2.44. The molecule has 1 saturated heterocycles. The molecule has 1 unspecified atom stereocenters. The number of fused-ring (bicyclic) bond motifs is 1. The molecule has 2 fully saturated rings. The van der Waals surface area contributed by atoms with Crippen LogP contribution in [0.4, 0.5) is 0 Å². The van der Waals surface area contributed by atoms with Crippen LogP contribution in [0.5, 0.6) is 0 Å². The van der Waals surface area contributed by atoms with Crippen molar-refractivity contribution in [2.45, 2.75) is 19.2 Å². The van der Waals surface area contributed by atoms with E-state index >= 15 is 0 Å². The van der Waals surface area contributed by atoms with E-state index in [1.54, 1.807) is 0 Å². The van der Waals surface area contributed by atoms with Crippen LogP contribution in [0.25, 0.3) is 0 Å². The molecule has 2 aliphatic rings. The first-order valence-corrected chi connectivity index (χ1v) is 5.55. The van der Waals surface area contributed by atoms with Crippen LogP contribution in [-0.2, 0) is 10.1 Å². The van der Waals surface area contributed by atoms with Gasteiger partial charge in [-0.2, -0.15) is 8.42 Å². The predicted octanol–water partition coefficient (Wildman–Crippen LogP) is 0.0757.